The SMILES string of the molecule is CCN(C(=O)OC(C)(C)C)c1cc(C)cn(C)c1=O. The Balaban J connectivity index is 3.18. The van der Waals surface area contributed by atoms with Crippen LogP contribution in [0.15, 0.2) is 17.1 Å². The van der Waals surface area contributed by atoms with Crippen molar-refractivity contribution in [1.29, 1.82) is 0 Å². The van der Waals surface area contributed by atoms with Gasteiger partial charge in [0.15, 0.2) is 0 Å². The Morgan fingerprint density at radius 2 is 2.00 bits per heavy atom. The minimum absolute atomic E-state index is 0.210. The lowest BCUT2D eigenvalue weighted by atomic mass is 10.2. The largest absolute Gasteiger partial charge is 0.443 e. The minimum Gasteiger partial charge on any atom is -0.443 e. The van der Waals surface area contributed by atoms with Crippen molar-refractivity contribution in [2.75, 3.05) is 11.4 Å². The molecule has 0 saturated heterocycles. The molecule has 0 bridgehead atoms. The molecule has 0 atom stereocenters. The van der Waals surface area contributed by atoms with E-state index in [1.807, 2.05) is 13.8 Å². The third-order valence-electron chi connectivity index (χ3n) is 2.52. The Morgan fingerprint density at radius 1 is 1.42 bits per heavy atom. The standard InChI is InChI=1S/C14H22N2O3/c1-7-16(13(18)19-14(3,4)5)11-8-10(2)9-15(6)12(11)17/h8-9H,7H2,1-6H3. The zero-order chi connectivity index (χ0) is 14.8. The van der Waals surface area contributed by atoms with Gasteiger partial charge in [0.2, 0.25) is 0 Å². The Hall–Kier alpha value is -1.78. The fraction of sp³-hybridized carbons (Fsp3) is 0.571. The summed E-state index contributed by atoms with van der Waals surface area (Å²) < 4.78 is 6.79. The minimum atomic E-state index is -0.584. The highest BCUT2D eigenvalue weighted by molar-refractivity contribution is 5.87. The molecular formula is C14H22N2O3. The number of amides is 1. The van der Waals surface area contributed by atoms with Crippen LogP contribution in [0.3, 0.4) is 0 Å². The average Bonchev–Trinajstić information content (AvgIpc) is 2.23. The third kappa shape index (κ3) is 3.84. The number of rotatable bonds is 2. The molecule has 5 heteroatoms. The summed E-state index contributed by atoms with van der Waals surface area (Å²) in [6, 6.07) is 1.70. The maximum Gasteiger partial charge on any atom is 0.414 e. The van der Waals surface area contributed by atoms with E-state index >= 15 is 0 Å². The van der Waals surface area contributed by atoms with E-state index in [1.165, 1.54) is 9.47 Å². The van der Waals surface area contributed by atoms with E-state index in [9.17, 15) is 9.59 Å². The van der Waals surface area contributed by atoms with Gasteiger partial charge in [-0.3, -0.25) is 9.69 Å². The van der Waals surface area contributed by atoms with E-state index < -0.39 is 11.7 Å². The molecule has 106 valence electrons. The molecule has 0 aliphatic rings. The number of aromatic nitrogens is 1. The number of ether oxygens (including phenoxy) is 1. The van der Waals surface area contributed by atoms with Gasteiger partial charge < -0.3 is 9.30 Å². The lowest BCUT2D eigenvalue weighted by Crippen LogP contribution is -2.40. The summed E-state index contributed by atoms with van der Waals surface area (Å²) in [5, 5.41) is 0. The van der Waals surface area contributed by atoms with Crippen LogP contribution in [0.4, 0.5) is 10.5 Å². The fourth-order valence-electron chi connectivity index (χ4n) is 1.77. The first-order valence-electron chi connectivity index (χ1n) is 6.33. The summed E-state index contributed by atoms with van der Waals surface area (Å²) >= 11 is 0. The summed E-state index contributed by atoms with van der Waals surface area (Å²) in [7, 11) is 1.67. The van der Waals surface area contributed by atoms with E-state index in [1.54, 1.807) is 40.1 Å². The van der Waals surface area contributed by atoms with Crippen LogP contribution in [0.5, 0.6) is 0 Å². The van der Waals surface area contributed by atoms with Crippen molar-refractivity contribution in [3.63, 3.8) is 0 Å². The maximum absolute atomic E-state index is 12.1. The van der Waals surface area contributed by atoms with Gasteiger partial charge in [-0.2, -0.15) is 0 Å². The molecule has 1 aromatic heterocycles. The van der Waals surface area contributed by atoms with Crippen molar-refractivity contribution in [1.82, 2.24) is 4.57 Å². The molecule has 19 heavy (non-hydrogen) atoms. The molecule has 0 unspecified atom stereocenters. The lowest BCUT2D eigenvalue weighted by Gasteiger charge is -2.26. The van der Waals surface area contributed by atoms with Gasteiger partial charge in [-0.05, 0) is 46.2 Å². The van der Waals surface area contributed by atoms with Gasteiger partial charge >= 0.3 is 6.09 Å². The molecule has 0 spiro atoms. The lowest BCUT2D eigenvalue weighted by molar-refractivity contribution is 0.0582. The first-order chi connectivity index (χ1) is 8.65. The first kappa shape index (κ1) is 15.3. The normalized spacial score (nSPS) is 11.3. The van der Waals surface area contributed by atoms with E-state index in [4.69, 9.17) is 4.74 Å². The molecule has 0 N–H and O–H groups in total. The van der Waals surface area contributed by atoms with E-state index in [0.717, 1.165) is 5.56 Å². The van der Waals surface area contributed by atoms with Gasteiger partial charge in [0.1, 0.15) is 11.3 Å². The number of hydrogen-bond donors (Lipinski definition) is 0. The van der Waals surface area contributed by atoms with Crippen molar-refractivity contribution in [2.24, 2.45) is 7.05 Å². The van der Waals surface area contributed by atoms with Crippen LogP contribution in [0, 0.1) is 6.92 Å². The van der Waals surface area contributed by atoms with Crippen LogP contribution in [-0.4, -0.2) is 22.8 Å². The van der Waals surface area contributed by atoms with Crippen LogP contribution in [0.25, 0.3) is 0 Å². The quantitative estimate of drug-likeness (QED) is 0.826. The third-order valence-corrected chi connectivity index (χ3v) is 2.52. The van der Waals surface area contributed by atoms with Gasteiger partial charge in [0.25, 0.3) is 5.56 Å². The highest BCUT2D eigenvalue weighted by Crippen LogP contribution is 2.15. The zero-order valence-corrected chi connectivity index (χ0v) is 12.5. The highest BCUT2D eigenvalue weighted by atomic mass is 16.6. The summed E-state index contributed by atoms with van der Waals surface area (Å²) in [6.45, 7) is 9.47. The first-order valence-corrected chi connectivity index (χ1v) is 6.33. The van der Waals surface area contributed by atoms with E-state index in [2.05, 4.69) is 0 Å². The second-order valence-electron chi connectivity index (χ2n) is 5.54. The molecule has 0 aliphatic carbocycles. The van der Waals surface area contributed by atoms with Crippen LogP contribution in [0.2, 0.25) is 0 Å². The Bertz CT molecular complexity index is 526. The average molecular weight is 266 g/mol. The molecule has 1 rings (SSSR count). The van der Waals surface area contributed by atoms with Crippen molar-refractivity contribution < 1.29 is 9.53 Å². The van der Waals surface area contributed by atoms with E-state index in [0.29, 0.717) is 12.2 Å². The van der Waals surface area contributed by atoms with Crippen LogP contribution in [0.1, 0.15) is 33.3 Å². The zero-order valence-electron chi connectivity index (χ0n) is 12.5. The van der Waals surface area contributed by atoms with Gasteiger partial charge in [-0.15, -0.1) is 0 Å². The molecule has 0 saturated carbocycles. The van der Waals surface area contributed by atoms with Crippen molar-refractivity contribution in [3.8, 4) is 0 Å². The topological polar surface area (TPSA) is 51.5 Å². The van der Waals surface area contributed by atoms with Crippen LogP contribution in [-0.2, 0) is 11.8 Å². The van der Waals surface area contributed by atoms with Gasteiger partial charge in [0, 0.05) is 19.8 Å². The second kappa shape index (κ2) is 5.47. The van der Waals surface area contributed by atoms with Gasteiger partial charge in [0.05, 0.1) is 0 Å². The number of carbonyl (C=O) groups excluding carboxylic acids is 1. The monoisotopic (exact) mass is 266 g/mol. The van der Waals surface area contributed by atoms with Gasteiger partial charge in [-0.25, -0.2) is 4.79 Å². The van der Waals surface area contributed by atoms with Crippen LogP contribution >= 0.6 is 0 Å². The molecule has 0 aliphatic heterocycles. The number of anilines is 1. The van der Waals surface area contributed by atoms with Crippen molar-refractivity contribution >= 4 is 11.8 Å². The molecule has 0 fully saturated rings. The number of hydrogen-bond acceptors (Lipinski definition) is 3. The Labute approximate surface area is 113 Å². The summed E-state index contributed by atoms with van der Waals surface area (Å²) in [4.78, 5) is 25.6. The number of nitrogens with zero attached hydrogens (tertiary/aromatic N) is 2. The Kier molecular flexibility index (Phi) is 4.39. The molecule has 0 radical (unpaired) electrons. The molecule has 0 aromatic carbocycles. The highest BCUT2D eigenvalue weighted by Gasteiger charge is 2.24. The Morgan fingerprint density at radius 3 is 2.47 bits per heavy atom. The van der Waals surface area contributed by atoms with Crippen molar-refractivity contribution in [2.45, 2.75) is 40.2 Å². The summed E-state index contributed by atoms with van der Waals surface area (Å²) in [5.41, 5.74) is 0.469. The molecule has 1 amide bonds. The number of pyridine rings is 1. The second-order valence-corrected chi connectivity index (χ2v) is 5.54. The summed E-state index contributed by atoms with van der Waals surface area (Å²) in [6.07, 6.45) is 1.23. The number of aryl methyl sites for hydroxylation is 2. The van der Waals surface area contributed by atoms with Crippen LogP contribution < -0.4 is 10.5 Å². The predicted octanol–water partition coefficient (Wildman–Crippen LogP) is 2.46. The summed E-state index contributed by atoms with van der Waals surface area (Å²) in [5.74, 6) is 0. The van der Waals surface area contributed by atoms with Gasteiger partial charge in [-0.1, -0.05) is 0 Å². The van der Waals surface area contributed by atoms with Crippen molar-refractivity contribution in [3.05, 3.63) is 28.2 Å². The predicted molar refractivity (Wildman–Crippen MR) is 75.7 cm³/mol. The molecule has 1 aromatic rings. The van der Waals surface area contributed by atoms with E-state index in [-0.39, 0.29) is 5.56 Å². The fourth-order valence-corrected chi connectivity index (χ4v) is 1.77. The maximum atomic E-state index is 12.1. The smallest absolute Gasteiger partial charge is 0.414 e. The molecule has 5 nitrogen and oxygen atoms in total. The number of carbonyl (C=O) groups is 1. The molecule has 1 heterocycles. The molecular weight excluding hydrogens is 244 g/mol.